The number of nitrogens with two attached hydrogens (primary N) is 1. The second-order valence-corrected chi connectivity index (χ2v) is 5.71. The molecule has 3 rings (SSSR count). The first-order valence-electron chi connectivity index (χ1n) is 7.60. The molecule has 0 radical (unpaired) electrons. The van der Waals surface area contributed by atoms with Crippen LogP contribution in [0.2, 0.25) is 0 Å². The van der Waals surface area contributed by atoms with Crippen LogP contribution in [0.1, 0.15) is 38.5 Å². The second kappa shape index (κ2) is 5.94. The highest BCUT2D eigenvalue weighted by Gasteiger charge is 2.24. The van der Waals surface area contributed by atoms with E-state index in [0.29, 0.717) is 12.1 Å². The summed E-state index contributed by atoms with van der Waals surface area (Å²) in [5, 5.41) is 0. The maximum atomic E-state index is 5.99. The van der Waals surface area contributed by atoms with E-state index in [1.165, 1.54) is 12.8 Å². The lowest BCUT2D eigenvalue weighted by molar-refractivity contribution is 0.138. The topological polar surface area (TPSA) is 55.3 Å². The fourth-order valence-corrected chi connectivity index (χ4v) is 3.13. The van der Waals surface area contributed by atoms with Gasteiger partial charge in [-0.3, -0.25) is 4.90 Å². The smallest absolute Gasteiger partial charge is 0.209 e. The molecule has 2 N–H and O–H groups in total. The fourth-order valence-electron chi connectivity index (χ4n) is 3.13. The molecule has 0 unspecified atom stereocenters. The van der Waals surface area contributed by atoms with Crippen molar-refractivity contribution < 1.29 is 4.42 Å². The molecule has 1 aromatic heterocycles. The number of hydrogen-bond donors (Lipinski definition) is 1. The van der Waals surface area contributed by atoms with Gasteiger partial charge < -0.3 is 10.2 Å². The Morgan fingerprint density at radius 2 is 2.00 bits per heavy atom. The molecule has 4 heteroatoms. The van der Waals surface area contributed by atoms with Crippen LogP contribution >= 0.6 is 0 Å². The first kappa shape index (κ1) is 13.6. The molecule has 1 aromatic carbocycles. The molecule has 0 aliphatic heterocycles. The van der Waals surface area contributed by atoms with Gasteiger partial charge in [0.15, 0.2) is 5.58 Å². The van der Waals surface area contributed by atoms with Gasteiger partial charge in [-0.25, -0.2) is 4.98 Å². The van der Waals surface area contributed by atoms with Crippen molar-refractivity contribution in [1.82, 2.24) is 9.88 Å². The van der Waals surface area contributed by atoms with Crippen molar-refractivity contribution in [2.75, 3.05) is 6.54 Å². The van der Waals surface area contributed by atoms with Crippen LogP contribution in [0.25, 0.3) is 11.1 Å². The first-order valence-corrected chi connectivity index (χ1v) is 7.60. The average molecular weight is 273 g/mol. The van der Waals surface area contributed by atoms with E-state index in [4.69, 9.17) is 10.2 Å². The van der Waals surface area contributed by atoms with Gasteiger partial charge in [-0.15, -0.1) is 0 Å². The molecule has 0 amide bonds. The Labute approximate surface area is 120 Å². The van der Waals surface area contributed by atoms with Gasteiger partial charge >= 0.3 is 0 Å². The molecule has 1 aliphatic carbocycles. The van der Waals surface area contributed by atoms with Crippen LogP contribution in [-0.2, 0) is 6.54 Å². The number of nitrogens with zero attached hydrogens (tertiary/aromatic N) is 2. The highest BCUT2D eigenvalue weighted by Crippen LogP contribution is 2.24. The molecule has 0 bridgehead atoms. The van der Waals surface area contributed by atoms with E-state index in [1.807, 2.05) is 24.3 Å². The van der Waals surface area contributed by atoms with Gasteiger partial charge in [0.25, 0.3) is 0 Å². The Kier molecular flexibility index (Phi) is 4.03. The lowest BCUT2D eigenvalue weighted by atomic mass is 9.91. The second-order valence-electron chi connectivity index (χ2n) is 5.71. The third-order valence-electron chi connectivity index (χ3n) is 4.34. The number of aromatic nitrogens is 1. The summed E-state index contributed by atoms with van der Waals surface area (Å²) in [4.78, 5) is 7.05. The predicted molar refractivity (Wildman–Crippen MR) is 80.3 cm³/mol. The largest absolute Gasteiger partial charge is 0.439 e. The van der Waals surface area contributed by atoms with Crippen LogP contribution in [0, 0.1) is 0 Å². The van der Waals surface area contributed by atoms with Crippen molar-refractivity contribution in [1.29, 1.82) is 0 Å². The minimum atomic E-state index is 0.397. The summed E-state index contributed by atoms with van der Waals surface area (Å²) in [6.45, 7) is 4.03. The van der Waals surface area contributed by atoms with Crippen LogP contribution in [0.3, 0.4) is 0 Å². The van der Waals surface area contributed by atoms with E-state index in [9.17, 15) is 0 Å². The zero-order chi connectivity index (χ0) is 13.9. The summed E-state index contributed by atoms with van der Waals surface area (Å²) in [5.74, 6) is 0.822. The number of para-hydroxylation sites is 2. The van der Waals surface area contributed by atoms with Gasteiger partial charge in [-0.2, -0.15) is 0 Å². The Morgan fingerprint density at radius 3 is 2.70 bits per heavy atom. The Hall–Kier alpha value is -1.39. The molecule has 1 fully saturated rings. The van der Waals surface area contributed by atoms with Gasteiger partial charge in [-0.1, -0.05) is 19.1 Å². The van der Waals surface area contributed by atoms with Crippen molar-refractivity contribution in [2.24, 2.45) is 5.73 Å². The molecule has 4 nitrogen and oxygen atoms in total. The molecule has 0 saturated heterocycles. The summed E-state index contributed by atoms with van der Waals surface area (Å²) in [7, 11) is 0. The van der Waals surface area contributed by atoms with Crippen LogP contribution in [-0.4, -0.2) is 28.5 Å². The minimum absolute atomic E-state index is 0.397. The zero-order valence-corrected chi connectivity index (χ0v) is 12.1. The van der Waals surface area contributed by atoms with Crippen molar-refractivity contribution in [2.45, 2.75) is 51.2 Å². The minimum Gasteiger partial charge on any atom is -0.439 e. The Bertz CT molecular complexity index is 525. The SMILES string of the molecule is CCN(Cc1nc2ccccc2o1)C1CCC(N)CC1. The van der Waals surface area contributed by atoms with Crippen LogP contribution < -0.4 is 5.73 Å². The predicted octanol–water partition coefficient (Wildman–Crippen LogP) is 2.92. The van der Waals surface area contributed by atoms with Gasteiger partial charge in [0, 0.05) is 12.1 Å². The average Bonchev–Trinajstić information content (AvgIpc) is 2.88. The number of hydrogen-bond acceptors (Lipinski definition) is 4. The van der Waals surface area contributed by atoms with Crippen LogP contribution in [0.5, 0.6) is 0 Å². The molecule has 20 heavy (non-hydrogen) atoms. The molecule has 1 saturated carbocycles. The summed E-state index contributed by atoms with van der Waals surface area (Å²) in [6.07, 6.45) is 4.65. The lowest BCUT2D eigenvalue weighted by Gasteiger charge is -2.34. The Balaban J connectivity index is 1.70. The van der Waals surface area contributed by atoms with Crippen molar-refractivity contribution in [3.05, 3.63) is 30.2 Å². The normalized spacial score (nSPS) is 23.6. The molecule has 2 aromatic rings. The summed E-state index contributed by atoms with van der Waals surface area (Å²) in [5.41, 5.74) is 7.82. The van der Waals surface area contributed by atoms with Crippen LogP contribution in [0.15, 0.2) is 28.7 Å². The first-order chi connectivity index (χ1) is 9.76. The van der Waals surface area contributed by atoms with Gasteiger partial charge in [0.2, 0.25) is 5.89 Å². The van der Waals surface area contributed by atoms with E-state index < -0.39 is 0 Å². The summed E-state index contributed by atoms with van der Waals surface area (Å²) < 4.78 is 5.83. The Morgan fingerprint density at radius 1 is 1.25 bits per heavy atom. The molecule has 0 spiro atoms. The molecule has 1 heterocycles. The van der Waals surface area contributed by atoms with E-state index in [-0.39, 0.29) is 0 Å². The van der Waals surface area contributed by atoms with Gasteiger partial charge in [0.05, 0.1) is 6.54 Å². The lowest BCUT2D eigenvalue weighted by Crippen LogP contribution is -2.40. The van der Waals surface area contributed by atoms with E-state index in [0.717, 1.165) is 42.9 Å². The third-order valence-corrected chi connectivity index (χ3v) is 4.34. The third kappa shape index (κ3) is 2.86. The molecule has 108 valence electrons. The monoisotopic (exact) mass is 273 g/mol. The quantitative estimate of drug-likeness (QED) is 0.930. The van der Waals surface area contributed by atoms with E-state index in [1.54, 1.807) is 0 Å². The van der Waals surface area contributed by atoms with Crippen molar-refractivity contribution in [3.8, 4) is 0 Å². The van der Waals surface area contributed by atoms with Gasteiger partial charge in [0.1, 0.15) is 5.52 Å². The maximum absolute atomic E-state index is 5.99. The summed E-state index contributed by atoms with van der Waals surface area (Å²) in [6, 6.07) is 8.97. The van der Waals surface area contributed by atoms with E-state index in [2.05, 4.69) is 16.8 Å². The zero-order valence-electron chi connectivity index (χ0n) is 12.1. The maximum Gasteiger partial charge on any atom is 0.209 e. The summed E-state index contributed by atoms with van der Waals surface area (Å²) >= 11 is 0. The highest BCUT2D eigenvalue weighted by atomic mass is 16.3. The number of oxazole rings is 1. The highest BCUT2D eigenvalue weighted by molar-refractivity contribution is 5.72. The van der Waals surface area contributed by atoms with Crippen molar-refractivity contribution in [3.63, 3.8) is 0 Å². The van der Waals surface area contributed by atoms with Crippen LogP contribution in [0.4, 0.5) is 0 Å². The molecular weight excluding hydrogens is 250 g/mol. The van der Waals surface area contributed by atoms with Gasteiger partial charge in [-0.05, 0) is 44.4 Å². The number of rotatable bonds is 4. The van der Waals surface area contributed by atoms with Crippen molar-refractivity contribution >= 4 is 11.1 Å². The molecule has 1 aliphatic rings. The van der Waals surface area contributed by atoms with E-state index >= 15 is 0 Å². The standard InChI is InChI=1S/C16H23N3O/c1-2-19(13-9-7-12(17)8-10-13)11-16-18-14-5-3-4-6-15(14)20-16/h3-6,12-13H,2,7-11,17H2,1H3. The fraction of sp³-hybridized carbons (Fsp3) is 0.562. The number of fused-ring (bicyclic) bond motifs is 1. The molecular formula is C16H23N3O. The molecule has 0 atom stereocenters. The number of benzene rings is 1.